The van der Waals surface area contributed by atoms with Crippen molar-refractivity contribution in [1.82, 2.24) is 20.0 Å². The maximum Gasteiger partial charge on any atom is 0.0535 e. The minimum atomic E-state index is 0.0139. The standard InChI is InChI=1S/C17H24N4/c1-17(16-7-4-3-5-8-16)14-21(10-6-9-18-17)13-15-11-19-20(2)12-15/h3-5,7-8,11-12,18H,6,9-10,13-14H2,1-2H3. The van der Waals surface area contributed by atoms with Gasteiger partial charge in [-0.3, -0.25) is 9.58 Å². The molecule has 1 saturated heterocycles. The first kappa shape index (κ1) is 14.3. The fraction of sp³-hybridized carbons (Fsp3) is 0.471. The maximum atomic E-state index is 4.27. The van der Waals surface area contributed by atoms with Crippen molar-refractivity contribution in [2.24, 2.45) is 7.05 Å². The van der Waals surface area contributed by atoms with Gasteiger partial charge in [-0.05, 0) is 32.0 Å². The average Bonchev–Trinajstić information content (AvgIpc) is 2.79. The molecule has 0 spiro atoms. The summed E-state index contributed by atoms with van der Waals surface area (Å²) in [4.78, 5) is 2.53. The number of rotatable bonds is 3. The quantitative estimate of drug-likeness (QED) is 0.937. The summed E-state index contributed by atoms with van der Waals surface area (Å²) in [7, 11) is 1.97. The van der Waals surface area contributed by atoms with Crippen LogP contribution in [-0.4, -0.2) is 34.3 Å². The van der Waals surface area contributed by atoms with E-state index < -0.39 is 0 Å². The van der Waals surface area contributed by atoms with Gasteiger partial charge in [0.1, 0.15) is 0 Å². The highest BCUT2D eigenvalue weighted by atomic mass is 15.2. The second kappa shape index (κ2) is 6.00. The zero-order valence-corrected chi connectivity index (χ0v) is 12.9. The number of nitrogens with zero attached hydrogens (tertiary/aromatic N) is 3. The molecule has 1 aliphatic rings. The fourth-order valence-electron chi connectivity index (χ4n) is 3.20. The van der Waals surface area contributed by atoms with Crippen LogP contribution < -0.4 is 5.32 Å². The molecule has 1 fully saturated rings. The molecule has 1 aliphatic heterocycles. The summed E-state index contributed by atoms with van der Waals surface area (Å²) in [6, 6.07) is 10.8. The van der Waals surface area contributed by atoms with Crippen LogP contribution in [0.25, 0.3) is 0 Å². The second-order valence-electron chi connectivity index (χ2n) is 6.21. The smallest absolute Gasteiger partial charge is 0.0535 e. The Labute approximate surface area is 126 Å². The SMILES string of the molecule is Cn1cc(CN2CCCNC(C)(c3ccccc3)C2)cn1. The number of aromatic nitrogens is 2. The van der Waals surface area contributed by atoms with E-state index in [0.29, 0.717) is 0 Å². The third-order valence-corrected chi connectivity index (χ3v) is 4.28. The lowest BCUT2D eigenvalue weighted by Gasteiger charge is -2.34. The topological polar surface area (TPSA) is 33.1 Å². The van der Waals surface area contributed by atoms with E-state index in [9.17, 15) is 0 Å². The Hall–Kier alpha value is -1.65. The first-order chi connectivity index (χ1) is 10.2. The predicted molar refractivity (Wildman–Crippen MR) is 84.9 cm³/mol. The van der Waals surface area contributed by atoms with Gasteiger partial charge in [-0.1, -0.05) is 30.3 Å². The highest BCUT2D eigenvalue weighted by molar-refractivity contribution is 5.24. The fourth-order valence-corrected chi connectivity index (χ4v) is 3.20. The van der Waals surface area contributed by atoms with Crippen molar-refractivity contribution in [3.05, 3.63) is 53.9 Å². The molecule has 1 atom stereocenters. The molecule has 112 valence electrons. The highest BCUT2D eigenvalue weighted by Crippen LogP contribution is 2.24. The van der Waals surface area contributed by atoms with Gasteiger partial charge in [0.2, 0.25) is 0 Å². The van der Waals surface area contributed by atoms with Gasteiger partial charge in [0.15, 0.2) is 0 Å². The number of aryl methyl sites for hydroxylation is 1. The minimum Gasteiger partial charge on any atom is -0.307 e. The van der Waals surface area contributed by atoms with Crippen LogP contribution >= 0.6 is 0 Å². The van der Waals surface area contributed by atoms with Gasteiger partial charge in [0.05, 0.1) is 11.7 Å². The van der Waals surface area contributed by atoms with Crippen LogP contribution in [-0.2, 0) is 19.1 Å². The van der Waals surface area contributed by atoms with Crippen molar-refractivity contribution in [2.45, 2.75) is 25.4 Å². The summed E-state index contributed by atoms with van der Waals surface area (Å²) in [6.45, 7) is 6.49. The molecule has 1 N–H and O–H groups in total. The van der Waals surface area contributed by atoms with E-state index in [1.54, 1.807) is 0 Å². The molecule has 0 aliphatic carbocycles. The molecule has 4 heteroatoms. The van der Waals surface area contributed by atoms with Crippen molar-refractivity contribution in [1.29, 1.82) is 0 Å². The number of benzene rings is 1. The molecule has 0 saturated carbocycles. The van der Waals surface area contributed by atoms with Crippen LogP contribution in [0, 0.1) is 0 Å². The first-order valence-electron chi connectivity index (χ1n) is 7.66. The Kier molecular flexibility index (Phi) is 4.08. The Balaban J connectivity index is 1.77. The Morgan fingerprint density at radius 2 is 2.10 bits per heavy atom. The average molecular weight is 284 g/mol. The van der Waals surface area contributed by atoms with E-state index in [1.165, 1.54) is 17.5 Å². The van der Waals surface area contributed by atoms with E-state index in [2.05, 4.69) is 58.8 Å². The van der Waals surface area contributed by atoms with Crippen LogP contribution in [0.4, 0.5) is 0 Å². The van der Waals surface area contributed by atoms with E-state index >= 15 is 0 Å². The number of nitrogens with one attached hydrogen (secondary N) is 1. The van der Waals surface area contributed by atoms with Crippen molar-refractivity contribution < 1.29 is 0 Å². The van der Waals surface area contributed by atoms with Gasteiger partial charge in [-0.2, -0.15) is 5.10 Å². The van der Waals surface area contributed by atoms with Gasteiger partial charge in [-0.25, -0.2) is 0 Å². The monoisotopic (exact) mass is 284 g/mol. The van der Waals surface area contributed by atoms with Crippen molar-refractivity contribution >= 4 is 0 Å². The van der Waals surface area contributed by atoms with Gasteiger partial charge in [0, 0.05) is 31.9 Å². The molecule has 2 aromatic rings. The third kappa shape index (κ3) is 3.34. The van der Waals surface area contributed by atoms with E-state index in [0.717, 1.165) is 26.2 Å². The first-order valence-corrected chi connectivity index (χ1v) is 7.66. The normalized spacial score (nSPS) is 23.9. The summed E-state index contributed by atoms with van der Waals surface area (Å²) in [6.07, 6.45) is 5.26. The second-order valence-corrected chi connectivity index (χ2v) is 6.21. The van der Waals surface area contributed by atoms with Gasteiger partial charge in [-0.15, -0.1) is 0 Å². The zero-order chi connectivity index (χ0) is 14.7. The molecule has 1 unspecified atom stereocenters. The molecule has 4 nitrogen and oxygen atoms in total. The van der Waals surface area contributed by atoms with Gasteiger partial charge < -0.3 is 5.32 Å². The Morgan fingerprint density at radius 3 is 2.81 bits per heavy atom. The highest BCUT2D eigenvalue weighted by Gasteiger charge is 2.30. The lowest BCUT2D eigenvalue weighted by atomic mass is 9.91. The van der Waals surface area contributed by atoms with E-state index in [-0.39, 0.29) is 5.54 Å². The Bertz CT molecular complexity index is 577. The van der Waals surface area contributed by atoms with Crippen LogP contribution in [0.1, 0.15) is 24.5 Å². The summed E-state index contributed by atoms with van der Waals surface area (Å²) in [5.74, 6) is 0. The van der Waals surface area contributed by atoms with Crippen LogP contribution in [0.5, 0.6) is 0 Å². The molecule has 3 rings (SSSR count). The van der Waals surface area contributed by atoms with Crippen molar-refractivity contribution in [2.75, 3.05) is 19.6 Å². The number of hydrogen-bond acceptors (Lipinski definition) is 3. The molecule has 0 radical (unpaired) electrons. The van der Waals surface area contributed by atoms with Crippen LogP contribution in [0.15, 0.2) is 42.7 Å². The molecular weight excluding hydrogens is 260 g/mol. The molecule has 2 heterocycles. The van der Waals surface area contributed by atoms with Crippen molar-refractivity contribution in [3.8, 4) is 0 Å². The largest absolute Gasteiger partial charge is 0.307 e. The predicted octanol–water partition coefficient (Wildman–Crippen LogP) is 2.13. The van der Waals surface area contributed by atoms with E-state index in [4.69, 9.17) is 0 Å². The van der Waals surface area contributed by atoms with Gasteiger partial charge >= 0.3 is 0 Å². The molecular formula is C17H24N4. The zero-order valence-electron chi connectivity index (χ0n) is 12.9. The summed E-state index contributed by atoms with van der Waals surface area (Å²) >= 11 is 0. The molecule has 21 heavy (non-hydrogen) atoms. The lowest BCUT2D eigenvalue weighted by molar-refractivity contribution is 0.213. The van der Waals surface area contributed by atoms with Crippen molar-refractivity contribution in [3.63, 3.8) is 0 Å². The minimum absolute atomic E-state index is 0.0139. The molecule has 1 aromatic heterocycles. The third-order valence-electron chi connectivity index (χ3n) is 4.28. The maximum absolute atomic E-state index is 4.27. The summed E-state index contributed by atoms with van der Waals surface area (Å²) in [5.41, 5.74) is 2.66. The molecule has 0 bridgehead atoms. The van der Waals surface area contributed by atoms with Gasteiger partial charge in [0.25, 0.3) is 0 Å². The summed E-state index contributed by atoms with van der Waals surface area (Å²) in [5, 5.41) is 8.01. The number of hydrogen-bond donors (Lipinski definition) is 1. The summed E-state index contributed by atoms with van der Waals surface area (Å²) < 4.78 is 1.88. The van der Waals surface area contributed by atoms with Crippen LogP contribution in [0.3, 0.4) is 0 Å². The lowest BCUT2D eigenvalue weighted by Crippen LogP contribution is -2.46. The van der Waals surface area contributed by atoms with E-state index in [1.807, 2.05) is 17.9 Å². The molecule has 0 amide bonds. The molecule has 1 aromatic carbocycles. The van der Waals surface area contributed by atoms with Crippen LogP contribution in [0.2, 0.25) is 0 Å². The Morgan fingerprint density at radius 1 is 1.29 bits per heavy atom.